The van der Waals surface area contributed by atoms with Gasteiger partial charge in [-0.1, -0.05) is 35.8 Å². The van der Waals surface area contributed by atoms with Crippen molar-refractivity contribution in [3.05, 3.63) is 59.3 Å². The number of aromatic hydroxyl groups is 1. The summed E-state index contributed by atoms with van der Waals surface area (Å²) in [5.74, 6) is 5.22. The lowest BCUT2D eigenvalue weighted by atomic mass is 10.2. The van der Waals surface area contributed by atoms with Gasteiger partial charge in [0.1, 0.15) is 17.1 Å². The Morgan fingerprint density at radius 1 is 1.34 bits per heavy atom. The van der Waals surface area contributed by atoms with Crippen LogP contribution in [0, 0.1) is 17.7 Å². The molecule has 3 aromatic rings. The van der Waals surface area contributed by atoms with Gasteiger partial charge in [-0.25, -0.2) is 22.5 Å². The van der Waals surface area contributed by atoms with Crippen molar-refractivity contribution in [2.24, 2.45) is 0 Å². The summed E-state index contributed by atoms with van der Waals surface area (Å²) in [4.78, 5) is 4.04. The standard InChI is InChI=1S/C19H17FN4O3S2/c1-2-29(26,27)23-11-13-5-6-15(14(20)8-13)22-7-3-4-12-9-16(25)18-17(10-12)28-19(21)24-18/h2,5-6,8-10,22-23,25H,1,7,11H2,(H2,21,24). The van der Waals surface area contributed by atoms with Crippen LogP contribution in [0.1, 0.15) is 11.1 Å². The van der Waals surface area contributed by atoms with Crippen molar-refractivity contribution >= 4 is 42.4 Å². The number of hydrogen-bond acceptors (Lipinski definition) is 7. The SMILES string of the molecule is C=CS(=O)(=O)NCc1ccc(NCC#Cc2cc(O)c3nc(N)sc3c2)c(F)c1. The van der Waals surface area contributed by atoms with E-state index >= 15 is 0 Å². The number of benzene rings is 2. The highest BCUT2D eigenvalue weighted by atomic mass is 32.2. The van der Waals surface area contributed by atoms with Crippen molar-refractivity contribution < 1.29 is 17.9 Å². The minimum Gasteiger partial charge on any atom is -0.506 e. The quantitative estimate of drug-likeness (QED) is 0.445. The number of nitrogen functional groups attached to an aromatic ring is 1. The third-order valence-electron chi connectivity index (χ3n) is 3.82. The van der Waals surface area contributed by atoms with Crippen LogP contribution in [0.2, 0.25) is 0 Å². The third kappa shape index (κ3) is 5.23. The van der Waals surface area contributed by atoms with E-state index in [0.717, 1.165) is 10.1 Å². The number of phenolic OH excluding ortho intramolecular Hbond substituents is 1. The average Bonchev–Trinajstić information content (AvgIpc) is 3.06. The predicted octanol–water partition coefficient (Wildman–Crippen LogP) is 2.75. The first-order valence-corrected chi connectivity index (χ1v) is 10.7. The topological polar surface area (TPSA) is 117 Å². The largest absolute Gasteiger partial charge is 0.506 e. The van der Waals surface area contributed by atoms with Crippen LogP contribution in [-0.2, 0) is 16.6 Å². The molecule has 0 aliphatic carbocycles. The van der Waals surface area contributed by atoms with Crippen molar-refractivity contribution in [3.8, 4) is 17.6 Å². The Morgan fingerprint density at radius 3 is 2.86 bits per heavy atom. The maximum Gasteiger partial charge on any atom is 0.233 e. The normalized spacial score (nSPS) is 11.1. The molecule has 0 saturated heterocycles. The van der Waals surface area contributed by atoms with Crippen LogP contribution in [0.5, 0.6) is 5.75 Å². The minimum absolute atomic E-state index is 0.00132. The predicted molar refractivity (Wildman–Crippen MR) is 113 cm³/mol. The summed E-state index contributed by atoms with van der Waals surface area (Å²) in [5.41, 5.74) is 7.38. The molecule has 1 aromatic heterocycles. The second-order valence-electron chi connectivity index (χ2n) is 5.90. The lowest BCUT2D eigenvalue weighted by Crippen LogP contribution is -2.20. The Morgan fingerprint density at radius 2 is 2.14 bits per heavy atom. The van der Waals surface area contributed by atoms with Crippen LogP contribution in [0.3, 0.4) is 0 Å². The van der Waals surface area contributed by atoms with E-state index in [-0.39, 0.29) is 24.5 Å². The van der Waals surface area contributed by atoms with Gasteiger partial charge in [0.15, 0.2) is 5.13 Å². The van der Waals surface area contributed by atoms with E-state index in [1.54, 1.807) is 12.1 Å². The first kappa shape index (κ1) is 20.6. The molecule has 0 fully saturated rings. The molecule has 0 atom stereocenters. The summed E-state index contributed by atoms with van der Waals surface area (Å²) >= 11 is 1.25. The zero-order valence-corrected chi connectivity index (χ0v) is 16.7. The maximum absolute atomic E-state index is 14.2. The molecule has 0 radical (unpaired) electrons. The van der Waals surface area contributed by atoms with Gasteiger partial charge < -0.3 is 16.2 Å². The van der Waals surface area contributed by atoms with Gasteiger partial charge in [0, 0.05) is 17.5 Å². The molecule has 0 aliphatic heterocycles. The summed E-state index contributed by atoms with van der Waals surface area (Å²) in [7, 11) is -3.57. The molecule has 3 rings (SSSR count). The number of fused-ring (bicyclic) bond motifs is 1. The van der Waals surface area contributed by atoms with Gasteiger partial charge >= 0.3 is 0 Å². The van der Waals surface area contributed by atoms with E-state index in [1.807, 2.05) is 0 Å². The van der Waals surface area contributed by atoms with E-state index < -0.39 is 15.8 Å². The molecule has 150 valence electrons. The second-order valence-corrected chi connectivity index (χ2v) is 8.67. The molecule has 0 amide bonds. The average molecular weight is 433 g/mol. The van der Waals surface area contributed by atoms with Crippen LogP contribution in [0.4, 0.5) is 15.2 Å². The van der Waals surface area contributed by atoms with Crippen LogP contribution >= 0.6 is 11.3 Å². The van der Waals surface area contributed by atoms with Crippen molar-refractivity contribution in [1.29, 1.82) is 0 Å². The Bertz CT molecular complexity index is 1240. The van der Waals surface area contributed by atoms with Gasteiger partial charge in [0.05, 0.1) is 16.9 Å². The Hall–Kier alpha value is -3.13. The fourth-order valence-electron chi connectivity index (χ4n) is 2.44. The van der Waals surface area contributed by atoms with Gasteiger partial charge in [0.2, 0.25) is 10.0 Å². The zero-order chi connectivity index (χ0) is 21.0. The summed E-state index contributed by atoms with van der Waals surface area (Å²) < 4.78 is 39.8. The summed E-state index contributed by atoms with van der Waals surface area (Å²) in [6.07, 6.45) is 0. The van der Waals surface area contributed by atoms with Crippen LogP contribution in [0.15, 0.2) is 42.3 Å². The highest BCUT2D eigenvalue weighted by Gasteiger charge is 2.08. The number of nitrogens with one attached hydrogen (secondary N) is 2. The number of sulfonamides is 1. The summed E-state index contributed by atoms with van der Waals surface area (Å²) in [6, 6.07) is 7.61. The monoisotopic (exact) mass is 432 g/mol. The number of anilines is 2. The van der Waals surface area contributed by atoms with Crippen molar-refractivity contribution in [1.82, 2.24) is 9.71 Å². The Balaban J connectivity index is 1.63. The molecule has 0 unspecified atom stereocenters. The van der Waals surface area contributed by atoms with Gasteiger partial charge in [0.25, 0.3) is 0 Å². The van der Waals surface area contributed by atoms with Gasteiger partial charge in [-0.05, 0) is 29.8 Å². The van der Waals surface area contributed by atoms with Gasteiger partial charge in [-0.15, -0.1) is 0 Å². The molecule has 10 heteroatoms. The van der Waals surface area contributed by atoms with E-state index in [4.69, 9.17) is 5.73 Å². The molecule has 0 bridgehead atoms. The lowest BCUT2D eigenvalue weighted by Gasteiger charge is -2.07. The smallest absolute Gasteiger partial charge is 0.233 e. The number of halogens is 1. The van der Waals surface area contributed by atoms with Gasteiger partial charge in [-0.3, -0.25) is 0 Å². The summed E-state index contributed by atoms with van der Waals surface area (Å²) in [6.45, 7) is 3.32. The molecule has 0 aliphatic rings. The molecular formula is C19H17FN4O3S2. The molecular weight excluding hydrogens is 415 g/mol. The number of nitrogens with two attached hydrogens (primary N) is 1. The van der Waals surface area contributed by atoms with Crippen LogP contribution in [-0.4, -0.2) is 25.1 Å². The molecule has 0 spiro atoms. The van der Waals surface area contributed by atoms with Gasteiger partial charge in [-0.2, -0.15) is 0 Å². The molecule has 2 aromatic carbocycles. The maximum atomic E-state index is 14.2. The second kappa shape index (κ2) is 8.48. The zero-order valence-electron chi connectivity index (χ0n) is 15.1. The van der Waals surface area contributed by atoms with Crippen LogP contribution in [0.25, 0.3) is 10.2 Å². The highest BCUT2D eigenvalue weighted by molar-refractivity contribution is 7.92. The molecule has 1 heterocycles. The number of thiazole rings is 1. The van der Waals surface area contributed by atoms with E-state index in [0.29, 0.717) is 21.8 Å². The van der Waals surface area contributed by atoms with Crippen molar-refractivity contribution in [3.63, 3.8) is 0 Å². The fraction of sp³-hybridized carbons (Fsp3) is 0.105. The van der Waals surface area contributed by atoms with Crippen molar-refractivity contribution in [2.45, 2.75) is 6.54 Å². The molecule has 29 heavy (non-hydrogen) atoms. The highest BCUT2D eigenvalue weighted by Crippen LogP contribution is 2.31. The molecule has 7 nitrogen and oxygen atoms in total. The first-order chi connectivity index (χ1) is 13.8. The minimum atomic E-state index is -3.57. The number of rotatable bonds is 6. The lowest BCUT2D eigenvalue weighted by molar-refractivity contribution is 0.480. The third-order valence-corrected chi connectivity index (χ3v) is 5.64. The Labute approximate surface area is 171 Å². The van der Waals surface area contributed by atoms with E-state index in [9.17, 15) is 17.9 Å². The molecule has 5 N–H and O–H groups in total. The van der Waals surface area contributed by atoms with E-state index in [2.05, 4.69) is 33.4 Å². The number of hydrogen-bond donors (Lipinski definition) is 4. The number of nitrogens with zero attached hydrogens (tertiary/aromatic N) is 1. The first-order valence-electron chi connectivity index (χ1n) is 8.30. The molecule has 0 saturated carbocycles. The number of phenols is 1. The van der Waals surface area contributed by atoms with Crippen LogP contribution < -0.4 is 15.8 Å². The summed E-state index contributed by atoms with van der Waals surface area (Å²) in [5, 5.41) is 14.0. The Kier molecular flexibility index (Phi) is 6.03. The van der Waals surface area contributed by atoms with Crippen molar-refractivity contribution in [2.75, 3.05) is 17.6 Å². The van der Waals surface area contributed by atoms with E-state index in [1.165, 1.54) is 29.5 Å². The number of aromatic nitrogens is 1. The fourth-order valence-corrected chi connectivity index (χ4v) is 3.72.